The molecule has 0 fully saturated rings. The van der Waals surface area contributed by atoms with Gasteiger partial charge in [0.2, 0.25) is 17.5 Å². The lowest BCUT2D eigenvalue weighted by Crippen LogP contribution is -1.91. The van der Waals surface area contributed by atoms with Crippen LogP contribution in [0.25, 0.3) is 11.6 Å². The number of rotatable bonds is 4. The summed E-state index contributed by atoms with van der Waals surface area (Å²) in [6.07, 6.45) is 4.41. The minimum atomic E-state index is 0.111. The van der Waals surface area contributed by atoms with E-state index in [4.69, 9.17) is 9.63 Å². The third-order valence-electron chi connectivity index (χ3n) is 1.78. The average Bonchev–Trinajstić information content (AvgIpc) is 2.76. The second-order valence-electron chi connectivity index (χ2n) is 2.91. The summed E-state index contributed by atoms with van der Waals surface area (Å²) >= 11 is 0. The molecule has 1 N–H and O–H groups in total. The highest BCUT2D eigenvalue weighted by molar-refractivity contribution is 5.40. The SMILES string of the molecule is OCCCc1nc(-c2ncccn2)no1. The Bertz CT molecular complexity index is 415. The molecule has 0 radical (unpaired) electrons. The first-order valence-electron chi connectivity index (χ1n) is 4.61. The molecule has 0 aliphatic heterocycles. The molecule has 6 nitrogen and oxygen atoms in total. The predicted octanol–water partition coefficient (Wildman–Crippen LogP) is 0.451. The van der Waals surface area contributed by atoms with Crippen LogP contribution in [0.4, 0.5) is 0 Å². The molecule has 0 bridgehead atoms. The van der Waals surface area contributed by atoms with Crippen LogP contribution in [0.1, 0.15) is 12.3 Å². The van der Waals surface area contributed by atoms with Gasteiger partial charge in [-0.05, 0) is 12.5 Å². The quantitative estimate of drug-likeness (QED) is 0.781. The van der Waals surface area contributed by atoms with Gasteiger partial charge in [0.15, 0.2) is 0 Å². The number of hydrogen-bond donors (Lipinski definition) is 1. The van der Waals surface area contributed by atoms with E-state index in [2.05, 4.69) is 20.1 Å². The van der Waals surface area contributed by atoms with Gasteiger partial charge in [0.1, 0.15) is 0 Å². The van der Waals surface area contributed by atoms with E-state index >= 15 is 0 Å². The van der Waals surface area contributed by atoms with E-state index < -0.39 is 0 Å². The molecule has 0 amide bonds. The summed E-state index contributed by atoms with van der Waals surface area (Å²) in [5.41, 5.74) is 0. The summed E-state index contributed by atoms with van der Waals surface area (Å²) in [5, 5.41) is 12.4. The summed E-state index contributed by atoms with van der Waals surface area (Å²) in [4.78, 5) is 12.1. The maximum absolute atomic E-state index is 8.64. The van der Waals surface area contributed by atoms with Crippen LogP contribution >= 0.6 is 0 Å². The average molecular weight is 206 g/mol. The zero-order chi connectivity index (χ0) is 10.5. The van der Waals surface area contributed by atoms with Crippen molar-refractivity contribution in [3.63, 3.8) is 0 Å². The van der Waals surface area contributed by atoms with Gasteiger partial charge < -0.3 is 9.63 Å². The van der Waals surface area contributed by atoms with E-state index in [1.165, 1.54) is 0 Å². The summed E-state index contributed by atoms with van der Waals surface area (Å²) in [6, 6.07) is 1.72. The molecule has 0 spiro atoms. The number of hydrogen-bond acceptors (Lipinski definition) is 6. The fourth-order valence-electron chi connectivity index (χ4n) is 1.09. The summed E-state index contributed by atoms with van der Waals surface area (Å²) in [7, 11) is 0. The Hall–Kier alpha value is -1.82. The van der Waals surface area contributed by atoms with Crippen molar-refractivity contribution in [2.24, 2.45) is 0 Å². The molecular weight excluding hydrogens is 196 g/mol. The predicted molar refractivity (Wildman–Crippen MR) is 50.7 cm³/mol. The van der Waals surface area contributed by atoms with E-state index in [-0.39, 0.29) is 6.61 Å². The monoisotopic (exact) mass is 206 g/mol. The van der Waals surface area contributed by atoms with Crippen LogP contribution in [0.5, 0.6) is 0 Å². The van der Waals surface area contributed by atoms with Crippen LogP contribution in [0.3, 0.4) is 0 Å². The molecule has 0 saturated carbocycles. The summed E-state index contributed by atoms with van der Waals surface area (Å²) in [6.45, 7) is 0.111. The molecule has 2 heterocycles. The Balaban J connectivity index is 2.14. The molecule has 6 heteroatoms. The minimum Gasteiger partial charge on any atom is -0.396 e. The lowest BCUT2D eigenvalue weighted by atomic mass is 10.3. The van der Waals surface area contributed by atoms with E-state index in [9.17, 15) is 0 Å². The van der Waals surface area contributed by atoms with Crippen molar-refractivity contribution in [1.82, 2.24) is 20.1 Å². The standard InChI is InChI=1S/C9H10N4O2/c14-6-1-3-7-12-9(13-15-7)8-10-4-2-5-11-8/h2,4-5,14H,1,3,6H2. The van der Waals surface area contributed by atoms with Gasteiger partial charge in [-0.15, -0.1) is 0 Å². The molecule has 0 atom stereocenters. The number of aryl methyl sites for hydroxylation is 1. The maximum Gasteiger partial charge on any atom is 0.240 e. The van der Waals surface area contributed by atoms with Gasteiger partial charge in [-0.1, -0.05) is 5.16 Å². The van der Waals surface area contributed by atoms with Crippen molar-refractivity contribution >= 4 is 0 Å². The molecule has 15 heavy (non-hydrogen) atoms. The maximum atomic E-state index is 8.64. The number of nitrogens with zero attached hydrogens (tertiary/aromatic N) is 4. The first-order chi connectivity index (χ1) is 7.40. The van der Waals surface area contributed by atoms with Crippen LogP contribution in [0.2, 0.25) is 0 Å². The normalized spacial score (nSPS) is 10.5. The largest absolute Gasteiger partial charge is 0.396 e. The summed E-state index contributed by atoms with van der Waals surface area (Å²) in [5.74, 6) is 1.31. The number of aliphatic hydroxyl groups excluding tert-OH is 1. The smallest absolute Gasteiger partial charge is 0.240 e. The van der Waals surface area contributed by atoms with Crippen LogP contribution in [0, 0.1) is 0 Å². The van der Waals surface area contributed by atoms with Crippen LogP contribution in [0.15, 0.2) is 23.0 Å². The molecule has 0 aliphatic rings. The topological polar surface area (TPSA) is 84.9 Å². The third-order valence-corrected chi connectivity index (χ3v) is 1.78. The van der Waals surface area contributed by atoms with Gasteiger partial charge in [0.25, 0.3) is 0 Å². The highest BCUT2D eigenvalue weighted by Gasteiger charge is 2.09. The molecule has 0 aromatic carbocycles. The first-order valence-corrected chi connectivity index (χ1v) is 4.61. The van der Waals surface area contributed by atoms with Crippen molar-refractivity contribution in [3.8, 4) is 11.6 Å². The second kappa shape index (κ2) is 4.61. The van der Waals surface area contributed by atoms with Crippen molar-refractivity contribution in [2.45, 2.75) is 12.8 Å². The number of aliphatic hydroxyl groups is 1. The van der Waals surface area contributed by atoms with Gasteiger partial charge in [0, 0.05) is 25.4 Å². The summed E-state index contributed by atoms with van der Waals surface area (Å²) < 4.78 is 4.97. The molecule has 0 aliphatic carbocycles. The molecule has 78 valence electrons. The Morgan fingerprint density at radius 2 is 2.00 bits per heavy atom. The zero-order valence-corrected chi connectivity index (χ0v) is 8.00. The highest BCUT2D eigenvalue weighted by Crippen LogP contribution is 2.09. The van der Waals surface area contributed by atoms with Crippen molar-refractivity contribution in [1.29, 1.82) is 0 Å². The van der Waals surface area contributed by atoms with Crippen LogP contribution < -0.4 is 0 Å². The van der Waals surface area contributed by atoms with E-state index in [1.807, 2.05) is 0 Å². The second-order valence-corrected chi connectivity index (χ2v) is 2.91. The molecular formula is C9H10N4O2. The molecule has 0 unspecified atom stereocenters. The highest BCUT2D eigenvalue weighted by atomic mass is 16.5. The van der Waals surface area contributed by atoms with Crippen molar-refractivity contribution in [3.05, 3.63) is 24.4 Å². The van der Waals surface area contributed by atoms with Crippen molar-refractivity contribution in [2.75, 3.05) is 6.61 Å². The molecule has 2 aromatic heterocycles. The fraction of sp³-hybridized carbons (Fsp3) is 0.333. The van der Waals surface area contributed by atoms with Crippen LogP contribution in [-0.4, -0.2) is 31.8 Å². The van der Waals surface area contributed by atoms with Crippen LogP contribution in [-0.2, 0) is 6.42 Å². The van der Waals surface area contributed by atoms with Gasteiger partial charge >= 0.3 is 0 Å². The molecule has 2 aromatic rings. The Kier molecular flexibility index (Phi) is 2.99. The first kappa shape index (κ1) is 9.72. The van der Waals surface area contributed by atoms with E-state index in [1.54, 1.807) is 18.5 Å². The Labute approximate surface area is 86.0 Å². The van der Waals surface area contributed by atoms with Gasteiger partial charge in [-0.3, -0.25) is 0 Å². The molecule has 0 saturated heterocycles. The Morgan fingerprint density at radius 3 is 2.73 bits per heavy atom. The third kappa shape index (κ3) is 2.35. The lowest BCUT2D eigenvalue weighted by molar-refractivity contribution is 0.278. The van der Waals surface area contributed by atoms with Gasteiger partial charge in [-0.25, -0.2) is 9.97 Å². The zero-order valence-electron chi connectivity index (χ0n) is 8.00. The van der Waals surface area contributed by atoms with Gasteiger partial charge in [-0.2, -0.15) is 4.98 Å². The van der Waals surface area contributed by atoms with E-state index in [0.29, 0.717) is 30.4 Å². The lowest BCUT2D eigenvalue weighted by Gasteiger charge is -1.89. The van der Waals surface area contributed by atoms with E-state index in [0.717, 1.165) is 0 Å². The Morgan fingerprint density at radius 1 is 1.20 bits per heavy atom. The van der Waals surface area contributed by atoms with Gasteiger partial charge in [0.05, 0.1) is 0 Å². The minimum absolute atomic E-state index is 0.111. The molecule has 2 rings (SSSR count). The number of aromatic nitrogens is 4. The van der Waals surface area contributed by atoms with Crippen molar-refractivity contribution < 1.29 is 9.63 Å². The fourth-order valence-corrected chi connectivity index (χ4v) is 1.09.